The number of halogens is 2. The number of carbonyl (C=O) groups excluding carboxylic acids is 1. The second-order valence-corrected chi connectivity index (χ2v) is 8.51. The fourth-order valence-corrected chi connectivity index (χ4v) is 4.15. The molecule has 2 aromatic heterocycles. The summed E-state index contributed by atoms with van der Waals surface area (Å²) >= 11 is 12.2. The minimum Gasteiger partial charge on any atom is -0.495 e. The highest BCUT2D eigenvalue weighted by atomic mass is 35.5. The van der Waals surface area contributed by atoms with Crippen LogP contribution < -0.4 is 10.1 Å². The lowest BCUT2D eigenvalue weighted by Crippen LogP contribution is -2.09. The molecule has 0 fully saturated rings. The van der Waals surface area contributed by atoms with Crippen LogP contribution >= 0.6 is 23.2 Å². The molecule has 2 heterocycles. The molecule has 0 radical (unpaired) electrons. The van der Waals surface area contributed by atoms with Gasteiger partial charge in [0, 0.05) is 22.2 Å². The number of furan rings is 1. The average molecular weight is 504 g/mol. The number of methoxy groups -OCH3 is 1. The van der Waals surface area contributed by atoms with Crippen molar-refractivity contribution in [3.63, 3.8) is 0 Å². The molecule has 0 atom stereocenters. The van der Waals surface area contributed by atoms with Gasteiger partial charge in [0.25, 0.3) is 0 Å². The average Bonchev–Trinajstić information content (AvgIpc) is 3.50. The van der Waals surface area contributed by atoms with Gasteiger partial charge >= 0.3 is 0 Å². The summed E-state index contributed by atoms with van der Waals surface area (Å²) in [4.78, 5) is 20.6. The monoisotopic (exact) mass is 503 g/mol. The van der Waals surface area contributed by atoms with Crippen molar-refractivity contribution < 1.29 is 13.9 Å². The molecule has 6 nitrogen and oxygen atoms in total. The summed E-state index contributed by atoms with van der Waals surface area (Å²) in [6, 6.07) is 22.0. The van der Waals surface area contributed by atoms with E-state index in [1.54, 1.807) is 49.6 Å². The number of rotatable bonds is 6. The van der Waals surface area contributed by atoms with Crippen molar-refractivity contribution in [1.82, 2.24) is 9.97 Å². The minimum absolute atomic E-state index is 0.340. The molecule has 0 bridgehead atoms. The Labute approximate surface area is 211 Å². The number of hydrogen-bond donors (Lipinski definition) is 2. The van der Waals surface area contributed by atoms with E-state index in [1.165, 1.54) is 6.08 Å². The maximum Gasteiger partial charge on any atom is 0.248 e. The van der Waals surface area contributed by atoms with Gasteiger partial charge in [-0.1, -0.05) is 35.3 Å². The Morgan fingerprint density at radius 1 is 1.06 bits per heavy atom. The molecule has 1 amide bonds. The molecule has 0 saturated heterocycles. The number of nitrogens with one attached hydrogen (secondary N) is 2. The molecular formula is C27H19Cl2N3O3. The summed E-state index contributed by atoms with van der Waals surface area (Å²) in [6.07, 6.45) is 2.97. The van der Waals surface area contributed by atoms with Crippen molar-refractivity contribution in [2.45, 2.75) is 0 Å². The van der Waals surface area contributed by atoms with Crippen molar-refractivity contribution in [3.8, 4) is 28.5 Å². The van der Waals surface area contributed by atoms with Gasteiger partial charge in [0.2, 0.25) is 5.91 Å². The first-order chi connectivity index (χ1) is 17.0. The van der Waals surface area contributed by atoms with E-state index >= 15 is 0 Å². The number of fused-ring (bicyclic) bond motifs is 1. The number of ether oxygens (including phenoxy) is 1. The second-order valence-electron chi connectivity index (χ2n) is 7.67. The van der Waals surface area contributed by atoms with Crippen LogP contribution in [0.4, 0.5) is 5.69 Å². The van der Waals surface area contributed by atoms with Crippen LogP contribution in [0, 0.1) is 0 Å². The number of hydrogen-bond acceptors (Lipinski definition) is 4. The van der Waals surface area contributed by atoms with E-state index in [0.29, 0.717) is 44.4 Å². The number of imidazole rings is 1. The molecule has 174 valence electrons. The third-order valence-electron chi connectivity index (χ3n) is 5.34. The first-order valence-corrected chi connectivity index (χ1v) is 11.4. The number of para-hydroxylation sites is 2. The third-order valence-corrected chi connectivity index (χ3v) is 5.89. The summed E-state index contributed by atoms with van der Waals surface area (Å²) in [7, 11) is 1.55. The summed E-state index contributed by atoms with van der Waals surface area (Å²) in [5.41, 5.74) is 3.85. The quantitative estimate of drug-likeness (QED) is 0.235. The molecule has 0 unspecified atom stereocenters. The summed E-state index contributed by atoms with van der Waals surface area (Å²) in [5.74, 6) is 1.97. The molecule has 0 aliphatic rings. The van der Waals surface area contributed by atoms with E-state index in [1.807, 2.05) is 36.4 Å². The molecule has 8 heteroatoms. The molecule has 0 spiro atoms. The van der Waals surface area contributed by atoms with Crippen LogP contribution in [-0.2, 0) is 4.79 Å². The first-order valence-electron chi connectivity index (χ1n) is 10.7. The Morgan fingerprint density at radius 3 is 2.71 bits per heavy atom. The topological polar surface area (TPSA) is 80.1 Å². The molecule has 0 saturated carbocycles. The number of nitrogens with zero attached hydrogens (tertiary/aromatic N) is 1. The Kier molecular flexibility index (Phi) is 6.31. The molecule has 0 aliphatic heterocycles. The van der Waals surface area contributed by atoms with Gasteiger partial charge in [-0.05, 0) is 66.7 Å². The van der Waals surface area contributed by atoms with Crippen LogP contribution in [0.15, 0.2) is 83.3 Å². The third kappa shape index (κ3) is 4.94. The lowest BCUT2D eigenvalue weighted by molar-refractivity contribution is -0.111. The number of anilines is 1. The predicted molar refractivity (Wildman–Crippen MR) is 140 cm³/mol. The molecule has 3 aromatic carbocycles. The minimum atomic E-state index is -0.340. The maximum atomic E-state index is 12.7. The fourth-order valence-electron chi connectivity index (χ4n) is 3.65. The SMILES string of the molecule is COc1ccc(-c2nc3ccccc3[nH]2)cc1NC(=O)/C=C/c1ccc(-c2ccc(Cl)cc2Cl)o1. The van der Waals surface area contributed by atoms with Gasteiger partial charge in [0.05, 0.1) is 28.9 Å². The van der Waals surface area contributed by atoms with Gasteiger partial charge in [-0.3, -0.25) is 4.79 Å². The maximum absolute atomic E-state index is 12.7. The van der Waals surface area contributed by atoms with Crippen LogP contribution in [0.25, 0.3) is 39.8 Å². The zero-order valence-corrected chi connectivity index (χ0v) is 20.0. The summed E-state index contributed by atoms with van der Waals surface area (Å²) < 4.78 is 11.2. The predicted octanol–water partition coefficient (Wildman–Crippen LogP) is 7.46. The number of carbonyl (C=O) groups is 1. The normalized spacial score (nSPS) is 11.3. The number of amides is 1. The Hall–Kier alpha value is -4.00. The second kappa shape index (κ2) is 9.70. The highest BCUT2D eigenvalue weighted by Gasteiger charge is 2.12. The highest BCUT2D eigenvalue weighted by Crippen LogP contribution is 2.32. The van der Waals surface area contributed by atoms with E-state index in [0.717, 1.165) is 16.6 Å². The van der Waals surface area contributed by atoms with Crippen LogP contribution in [-0.4, -0.2) is 23.0 Å². The van der Waals surface area contributed by atoms with Gasteiger partial charge in [-0.25, -0.2) is 4.98 Å². The summed E-state index contributed by atoms with van der Waals surface area (Å²) in [5, 5.41) is 3.89. The van der Waals surface area contributed by atoms with E-state index in [9.17, 15) is 4.79 Å². The van der Waals surface area contributed by atoms with Crippen LogP contribution in [0.2, 0.25) is 10.0 Å². The van der Waals surface area contributed by atoms with Gasteiger partial charge in [0.15, 0.2) is 0 Å². The standard InChI is InChI=1S/C27H19Cl2N3O3/c1-34-25-11-6-16(27-31-21-4-2-3-5-22(21)32-27)14-23(25)30-26(33)13-9-18-8-12-24(35-18)19-10-7-17(28)15-20(19)29/h2-15H,1H3,(H,30,33)(H,31,32)/b13-9+. The van der Waals surface area contributed by atoms with Gasteiger partial charge in [-0.2, -0.15) is 0 Å². The Balaban J connectivity index is 1.34. The Morgan fingerprint density at radius 2 is 1.91 bits per heavy atom. The zero-order valence-electron chi connectivity index (χ0n) is 18.5. The highest BCUT2D eigenvalue weighted by molar-refractivity contribution is 6.36. The lowest BCUT2D eigenvalue weighted by atomic mass is 10.1. The number of benzene rings is 3. The lowest BCUT2D eigenvalue weighted by Gasteiger charge is -2.10. The smallest absolute Gasteiger partial charge is 0.248 e. The van der Waals surface area contributed by atoms with Crippen molar-refractivity contribution >= 4 is 51.9 Å². The molecular weight excluding hydrogens is 485 g/mol. The molecule has 2 N–H and O–H groups in total. The largest absolute Gasteiger partial charge is 0.495 e. The van der Waals surface area contributed by atoms with Gasteiger partial charge in [-0.15, -0.1) is 0 Å². The molecule has 35 heavy (non-hydrogen) atoms. The van der Waals surface area contributed by atoms with Gasteiger partial charge in [0.1, 0.15) is 23.1 Å². The van der Waals surface area contributed by atoms with E-state index in [4.69, 9.17) is 32.4 Å². The molecule has 5 rings (SSSR count). The number of H-pyrrole nitrogens is 1. The molecule has 0 aliphatic carbocycles. The zero-order chi connectivity index (χ0) is 24.4. The van der Waals surface area contributed by atoms with Crippen molar-refractivity contribution in [2.24, 2.45) is 0 Å². The van der Waals surface area contributed by atoms with Crippen molar-refractivity contribution in [3.05, 3.63) is 94.7 Å². The van der Waals surface area contributed by atoms with Crippen LogP contribution in [0.3, 0.4) is 0 Å². The van der Waals surface area contributed by atoms with Crippen molar-refractivity contribution in [1.29, 1.82) is 0 Å². The number of aromatic nitrogens is 2. The van der Waals surface area contributed by atoms with Crippen LogP contribution in [0.5, 0.6) is 5.75 Å². The van der Waals surface area contributed by atoms with E-state index < -0.39 is 0 Å². The van der Waals surface area contributed by atoms with E-state index in [-0.39, 0.29) is 5.91 Å². The van der Waals surface area contributed by atoms with Crippen molar-refractivity contribution in [2.75, 3.05) is 12.4 Å². The number of aromatic amines is 1. The first kappa shape index (κ1) is 22.8. The Bertz CT molecular complexity index is 1540. The van der Waals surface area contributed by atoms with Crippen LogP contribution in [0.1, 0.15) is 5.76 Å². The summed E-state index contributed by atoms with van der Waals surface area (Å²) in [6.45, 7) is 0. The van der Waals surface area contributed by atoms with Gasteiger partial charge < -0.3 is 19.5 Å². The molecule has 5 aromatic rings. The van der Waals surface area contributed by atoms with E-state index in [2.05, 4.69) is 15.3 Å². The fraction of sp³-hybridized carbons (Fsp3) is 0.0370.